The molecule has 0 aromatic carbocycles. The topological polar surface area (TPSA) is 64.4 Å². The Labute approximate surface area is 118 Å². The highest BCUT2D eigenvalue weighted by Gasteiger charge is 2.32. The molecule has 6 nitrogen and oxygen atoms in total. The Morgan fingerprint density at radius 2 is 2.10 bits per heavy atom. The Bertz CT molecular complexity index is 516. The molecule has 1 unspecified atom stereocenters. The highest BCUT2D eigenvalue weighted by molar-refractivity contribution is 5.92. The molecule has 1 atom stereocenters. The predicted molar refractivity (Wildman–Crippen MR) is 73.7 cm³/mol. The van der Waals surface area contributed by atoms with Crippen LogP contribution < -0.4 is 0 Å². The molecule has 0 bridgehead atoms. The third-order valence-corrected chi connectivity index (χ3v) is 3.19. The Kier molecular flexibility index (Phi) is 3.83. The van der Waals surface area contributed by atoms with Crippen LogP contribution in [0.3, 0.4) is 0 Å². The van der Waals surface area contributed by atoms with Crippen molar-refractivity contribution in [2.24, 2.45) is 0 Å². The molecule has 0 spiro atoms. The molecular formula is C14H21N3O3. The molecule has 1 saturated heterocycles. The summed E-state index contributed by atoms with van der Waals surface area (Å²) in [5, 5.41) is 4.20. The number of Topliss-reactive ketones (excluding diaryl/α,β-unsaturated/α-hetero) is 1. The molecule has 1 fully saturated rings. The van der Waals surface area contributed by atoms with Crippen LogP contribution in [0, 0.1) is 0 Å². The first-order valence-electron chi connectivity index (χ1n) is 6.80. The third-order valence-electron chi connectivity index (χ3n) is 3.19. The first-order chi connectivity index (χ1) is 9.28. The van der Waals surface area contributed by atoms with Gasteiger partial charge in [-0.1, -0.05) is 0 Å². The summed E-state index contributed by atoms with van der Waals surface area (Å²) in [4.78, 5) is 25.2. The van der Waals surface area contributed by atoms with Crippen LogP contribution in [0.2, 0.25) is 0 Å². The second kappa shape index (κ2) is 5.26. The van der Waals surface area contributed by atoms with Gasteiger partial charge in [-0.25, -0.2) is 4.79 Å². The predicted octanol–water partition coefficient (Wildman–Crippen LogP) is 2.27. The van der Waals surface area contributed by atoms with Gasteiger partial charge >= 0.3 is 6.09 Å². The van der Waals surface area contributed by atoms with Gasteiger partial charge in [0.05, 0.1) is 6.04 Å². The Morgan fingerprint density at radius 1 is 1.40 bits per heavy atom. The standard InChI is InChI=1S/C14H21N3O3/c1-10(18)12-5-7-15-17(12)11-6-8-16(9-11)13(19)20-14(2,3)4/h5,7,11H,6,8-9H2,1-4H3. The van der Waals surface area contributed by atoms with Gasteiger partial charge in [0.2, 0.25) is 0 Å². The number of likely N-dealkylation sites (tertiary alicyclic amines) is 1. The van der Waals surface area contributed by atoms with E-state index in [0.29, 0.717) is 18.8 Å². The smallest absolute Gasteiger partial charge is 0.410 e. The van der Waals surface area contributed by atoms with Crippen molar-refractivity contribution in [3.05, 3.63) is 18.0 Å². The van der Waals surface area contributed by atoms with Gasteiger partial charge in [-0.2, -0.15) is 5.10 Å². The Morgan fingerprint density at radius 3 is 2.70 bits per heavy atom. The van der Waals surface area contributed by atoms with E-state index < -0.39 is 5.60 Å². The van der Waals surface area contributed by atoms with Crippen LogP contribution in [0.5, 0.6) is 0 Å². The number of carbonyl (C=O) groups is 2. The molecule has 1 aromatic rings. The van der Waals surface area contributed by atoms with E-state index in [4.69, 9.17) is 4.74 Å². The zero-order valence-electron chi connectivity index (χ0n) is 12.4. The number of nitrogens with zero attached hydrogens (tertiary/aromatic N) is 3. The van der Waals surface area contributed by atoms with Crippen molar-refractivity contribution in [2.75, 3.05) is 13.1 Å². The molecule has 2 heterocycles. The number of hydrogen-bond acceptors (Lipinski definition) is 4. The van der Waals surface area contributed by atoms with Crippen LogP contribution in [0.15, 0.2) is 12.3 Å². The zero-order chi connectivity index (χ0) is 14.9. The molecule has 6 heteroatoms. The van der Waals surface area contributed by atoms with Crippen molar-refractivity contribution in [3.8, 4) is 0 Å². The van der Waals surface area contributed by atoms with Gasteiger partial charge in [-0.15, -0.1) is 0 Å². The minimum Gasteiger partial charge on any atom is -0.444 e. The van der Waals surface area contributed by atoms with Gasteiger partial charge in [-0.05, 0) is 33.3 Å². The molecule has 1 aliphatic rings. The Balaban J connectivity index is 2.04. The van der Waals surface area contributed by atoms with E-state index in [1.54, 1.807) is 21.8 Å². The Hall–Kier alpha value is -1.85. The quantitative estimate of drug-likeness (QED) is 0.779. The minimum absolute atomic E-state index is 0.0155. The fraction of sp³-hybridized carbons (Fsp3) is 0.643. The molecule has 0 aliphatic carbocycles. The van der Waals surface area contributed by atoms with E-state index in [2.05, 4.69) is 5.10 Å². The summed E-state index contributed by atoms with van der Waals surface area (Å²) in [7, 11) is 0. The van der Waals surface area contributed by atoms with Crippen molar-refractivity contribution in [1.82, 2.24) is 14.7 Å². The van der Waals surface area contributed by atoms with Gasteiger partial charge in [0, 0.05) is 26.2 Å². The van der Waals surface area contributed by atoms with E-state index in [1.165, 1.54) is 6.92 Å². The lowest BCUT2D eigenvalue weighted by Gasteiger charge is -2.24. The minimum atomic E-state index is -0.495. The van der Waals surface area contributed by atoms with E-state index in [0.717, 1.165) is 6.42 Å². The fourth-order valence-corrected chi connectivity index (χ4v) is 2.32. The van der Waals surface area contributed by atoms with Crippen LogP contribution >= 0.6 is 0 Å². The van der Waals surface area contributed by atoms with Crippen molar-refractivity contribution < 1.29 is 14.3 Å². The van der Waals surface area contributed by atoms with Crippen molar-refractivity contribution in [1.29, 1.82) is 0 Å². The molecule has 0 N–H and O–H groups in total. The summed E-state index contributed by atoms with van der Waals surface area (Å²) < 4.78 is 7.07. The summed E-state index contributed by atoms with van der Waals surface area (Å²) in [5.41, 5.74) is 0.0897. The summed E-state index contributed by atoms with van der Waals surface area (Å²) in [6, 6.07) is 1.75. The molecule has 110 valence electrons. The highest BCUT2D eigenvalue weighted by Crippen LogP contribution is 2.24. The number of ketones is 1. The zero-order valence-corrected chi connectivity index (χ0v) is 12.4. The van der Waals surface area contributed by atoms with Crippen molar-refractivity contribution in [3.63, 3.8) is 0 Å². The number of ether oxygens (including phenoxy) is 1. The second-order valence-electron chi connectivity index (χ2n) is 6.09. The van der Waals surface area contributed by atoms with Crippen LogP contribution in [0.4, 0.5) is 4.79 Å². The first-order valence-corrected chi connectivity index (χ1v) is 6.80. The normalized spacial score (nSPS) is 19.2. The van der Waals surface area contributed by atoms with Crippen molar-refractivity contribution >= 4 is 11.9 Å². The SMILES string of the molecule is CC(=O)c1ccnn1C1CCN(C(=O)OC(C)(C)C)C1. The van der Waals surface area contributed by atoms with Gasteiger partial charge in [0.1, 0.15) is 11.3 Å². The molecule has 0 radical (unpaired) electrons. The number of hydrogen-bond donors (Lipinski definition) is 0. The van der Waals surface area contributed by atoms with E-state index in [9.17, 15) is 9.59 Å². The summed E-state index contributed by atoms with van der Waals surface area (Å²) in [6.45, 7) is 8.21. The summed E-state index contributed by atoms with van der Waals surface area (Å²) in [6.07, 6.45) is 2.09. The lowest BCUT2D eigenvalue weighted by atomic mass is 10.2. The molecule has 0 saturated carbocycles. The second-order valence-corrected chi connectivity index (χ2v) is 6.09. The number of carbonyl (C=O) groups excluding carboxylic acids is 2. The van der Waals surface area contributed by atoms with Gasteiger partial charge in [0.15, 0.2) is 5.78 Å². The molecule has 1 aromatic heterocycles. The van der Waals surface area contributed by atoms with Crippen LogP contribution in [-0.2, 0) is 4.74 Å². The fourth-order valence-electron chi connectivity index (χ4n) is 2.32. The lowest BCUT2D eigenvalue weighted by molar-refractivity contribution is 0.0288. The van der Waals surface area contributed by atoms with Crippen LogP contribution in [-0.4, -0.2) is 45.2 Å². The number of rotatable bonds is 2. The maximum Gasteiger partial charge on any atom is 0.410 e. The maximum atomic E-state index is 12.0. The molecule has 1 amide bonds. The van der Waals surface area contributed by atoms with Crippen LogP contribution in [0.25, 0.3) is 0 Å². The largest absolute Gasteiger partial charge is 0.444 e. The summed E-state index contributed by atoms with van der Waals surface area (Å²) >= 11 is 0. The molecular weight excluding hydrogens is 258 g/mol. The molecule has 20 heavy (non-hydrogen) atoms. The van der Waals surface area contributed by atoms with Gasteiger partial charge in [-0.3, -0.25) is 9.48 Å². The number of amides is 1. The van der Waals surface area contributed by atoms with E-state index >= 15 is 0 Å². The lowest BCUT2D eigenvalue weighted by Crippen LogP contribution is -2.35. The molecule has 2 rings (SSSR count). The number of aromatic nitrogens is 2. The average molecular weight is 279 g/mol. The van der Waals surface area contributed by atoms with Crippen molar-refractivity contribution in [2.45, 2.75) is 45.8 Å². The van der Waals surface area contributed by atoms with Gasteiger partial charge < -0.3 is 9.64 Å². The maximum absolute atomic E-state index is 12.0. The van der Waals surface area contributed by atoms with E-state index in [-0.39, 0.29) is 17.9 Å². The first kappa shape index (κ1) is 14.6. The highest BCUT2D eigenvalue weighted by atomic mass is 16.6. The van der Waals surface area contributed by atoms with E-state index in [1.807, 2.05) is 20.8 Å². The average Bonchev–Trinajstić information content (AvgIpc) is 2.95. The monoisotopic (exact) mass is 279 g/mol. The third kappa shape index (κ3) is 3.18. The van der Waals surface area contributed by atoms with Crippen LogP contribution in [0.1, 0.15) is 50.6 Å². The van der Waals surface area contributed by atoms with Gasteiger partial charge in [0.25, 0.3) is 0 Å². The molecule has 1 aliphatic heterocycles. The summed E-state index contributed by atoms with van der Waals surface area (Å²) in [5.74, 6) is -0.0155.